The van der Waals surface area contributed by atoms with E-state index < -0.39 is 0 Å². The lowest BCUT2D eigenvalue weighted by molar-refractivity contribution is -0.142. The van der Waals surface area contributed by atoms with Crippen LogP contribution in [0.4, 0.5) is 5.69 Å². The molecule has 0 radical (unpaired) electrons. The summed E-state index contributed by atoms with van der Waals surface area (Å²) in [6.07, 6.45) is 3.58. The number of nitrogens with zero attached hydrogens (tertiary/aromatic N) is 1. The van der Waals surface area contributed by atoms with Crippen molar-refractivity contribution in [2.24, 2.45) is 11.8 Å². The number of fused-ring (bicyclic) bond motifs is 2. The molecule has 0 bridgehead atoms. The van der Waals surface area contributed by atoms with Gasteiger partial charge in [-0.1, -0.05) is 24.6 Å². The summed E-state index contributed by atoms with van der Waals surface area (Å²) >= 11 is 0. The molecule has 1 N–H and O–H groups in total. The predicted octanol–water partition coefficient (Wildman–Crippen LogP) is 1.81. The molecule has 2 amide bonds. The molecule has 0 spiro atoms. The first kappa shape index (κ1) is 11.9. The van der Waals surface area contributed by atoms with Gasteiger partial charge >= 0.3 is 0 Å². The zero-order valence-corrected chi connectivity index (χ0v) is 11.3. The summed E-state index contributed by atoms with van der Waals surface area (Å²) < 4.78 is 0. The maximum absolute atomic E-state index is 12.5. The maximum atomic E-state index is 12.5. The number of imide groups is 1. The molecule has 1 saturated carbocycles. The first-order chi connectivity index (χ1) is 9.75. The van der Waals surface area contributed by atoms with Crippen LogP contribution in [0, 0.1) is 11.8 Å². The molecule has 2 aliphatic heterocycles. The Morgan fingerprint density at radius 3 is 2.50 bits per heavy atom. The van der Waals surface area contributed by atoms with Crippen molar-refractivity contribution in [3.05, 3.63) is 29.8 Å². The molecule has 0 aromatic heterocycles. The molecule has 3 unspecified atom stereocenters. The van der Waals surface area contributed by atoms with Gasteiger partial charge < -0.3 is 5.32 Å². The number of hydrogen-bond acceptors (Lipinski definition) is 3. The molecule has 4 nitrogen and oxygen atoms in total. The zero-order valence-electron chi connectivity index (χ0n) is 11.3. The number of nitrogens with one attached hydrogen (secondary N) is 1. The molecule has 3 atom stereocenters. The van der Waals surface area contributed by atoms with Gasteiger partial charge in [-0.25, -0.2) is 0 Å². The van der Waals surface area contributed by atoms with E-state index in [1.54, 1.807) is 4.90 Å². The Morgan fingerprint density at radius 1 is 1.05 bits per heavy atom. The van der Waals surface area contributed by atoms with E-state index in [2.05, 4.69) is 11.4 Å². The Kier molecular flexibility index (Phi) is 2.59. The highest BCUT2D eigenvalue weighted by Gasteiger charge is 2.51. The Morgan fingerprint density at radius 2 is 1.75 bits per heavy atom. The number of rotatable bonds is 1. The second-order valence-electron chi connectivity index (χ2n) is 6.09. The fourth-order valence-electron chi connectivity index (χ4n) is 3.98. The Hall–Kier alpha value is -1.84. The number of carbonyl (C=O) groups is 2. The highest BCUT2D eigenvalue weighted by atomic mass is 16.2. The fraction of sp³-hybridized carbons (Fsp3) is 0.500. The number of amides is 2. The first-order valence-electron chi connectivity index (χ1n) is 7.44. The van der Waals surface area contributed by atoms with Crippen LogP contribution in [0.3, 0.4) is 0 Å². The topological polar surface area (TPSA) is 49.4 Å². The number of hydrogen-bond donors (Lipinski definition) is 1. The van der Waals surface area contributed by atoms with Crippen LogP contribution in [0.1, 0.15) is 24.8 Å². The van der Waals surface area contributed by atoms with Crippen LogP contribution in [0.5, 0.6) is 0 Å². The lowest BCUT2D eigenvalue weighted by Gasteiger charge is -2.32. The molecule has 20 heavy (non-hydrogen) atoms. The molecule has 4 heteroatoms. The molecule has 2 fully saturated rings. The van der Waals surface area contributed by atoms with Crippen molar-refractivity contribution in [1.29, 1.82) is 0 Å². The number of carbonyl (C=O) groups excluding carboxylic acids is 2. The second-order valence-corrected chi connectivity index (χ2v) is 6.09. The van der Waals surface area contributed by atoms with Gasteiger partial charge in [0.15, 0.2) is 0 Å². The van der Waals surface area contributed by atoms with Crippen LogP contribution in [-0.4, -0.2) is 29.3 Å². The standard InChI is InChI=1S/C16H18N2O2/c19-15-12-5-3-6-13(12)16(20)18(15)11-8-10-4-1-2-7-14(10)17-9-11/h1-2,4,7,11-13,17H,3,5-6,8-9H2. The predicted molar refractivity (Wildman–Crippen MR) is 75.1 cm³/mol. The van der Waals surface area contributed by atoms with Crippen LogP contribution >= 0.6 is 0 Å². The molecule has 2 heterocycles. The van der Waals surface area contributed by atoms with Crippen molar-refractivity contribution in [1.82, 2.24) is 4.90 Å². The van der Waals surface area contributed by atoms with Crippen molar-refractivity contribution in [2.75, 3.05) is 11.9 Å². The van der Waals surface area contributed by atoms with Gasteiger partial charge in [0.05, 0.1) is 17.9 Å². The van der Waals surface area contributed by atoms with E-state index in [0.29, 0.717) is 6.54 Å². The van der Waals surface area contributed by atoms with E-state index in [0.717, 1.165) is 31.4 Å². The highest BCUT2D eigenvalue weighted by molar-refractivity contribution is 6.05. The van der Waals surface area contributed by atoms with E-state index in [1.165, 1.54) is 5.56 Å². The highest BCUT2D eigenvalue weighted by Crippen LogP contribution is 2.41. The van der Waals surface area contributed by atoms with E-state index >= 15 is 0 Å². The first-order valence-corrected chi connectivity index (χ1v) is 7.44. The van der Waals surface area contributed by atoms with Crippen LogP contribution in [0.15, 0.2) is 24.3 Å². The SMILES string of the molecule is O=C1C2CCCC2C(=O)N1C1CNc2ccccc2C1. The quantitative estimate of drug-likeness (QED) is 0.792. The molecular weight excluding hydrogens is 252 g/mol. The number of anilines is 1. The number of likely N-dealkylation sites (tertiary alicyclic amines) is 1. The summed E-state index contributed by atoms with van der Waals surface area (Å²) in [6, 6.07) is 8.11. The summed E-state index contributed by atoms with van der Waals surface area (Å²) in [5.41, 5.74) is 2.32. The fourth-order valence-corrected chi connectivity index (χ4v) is 3.98. The van der Waals surface area contributed by atoms with Crippen LogP contribution < -0.4 is 5.32 Å². The van der Waals surface area contributed by atoms with Crippen molar-refractivity contribution in [2.45, 2.75) is 31.7 Å². The van der Waals surface area contributed by atoms with Gasteiger partial charge in [-0.2, -0.15) is 0 Å². The third-order valence-corrected chi connectivity index (χ3v) is 4.99. The lowest BCUT2D eigenvalue weighted by atomic mass is 9.98. The molecule has 4 rings (SSSR count). The molecule has 1 aliphatic carbocycles. The van der Waals surface area contributed by atoms with Crippen LogP contribution in [0.25, 0.3) is 0 Å². The van der Waals surface area contributed by atoms with E-state index in [-0.39, 0.29) is 29.7 Å². The van der Waals surface area contributed by atoms with Gasteiger partial charge in [-0.3, -0.25) is 14.5 Å². The van der Waals surface area contributed by atoms with Crippen molar-refractivity contribution >= 4 is 17.5 Å². The minimum atomic E-state index is -0.0281. The Bertz CT molecular complexity index is 562. The van der Waals surface area contributed by atoms with Gasteiger partial charge in [-0.05, 0) is 30.9 Å². The average Bonchev–Trinajstić information content (AvgIpc) is 3.04. The second kappa shape index (κ2) is 4.33. The molecular formula is C16H18N2O2. The lowest BCUT2D eigenvalue weighted by Crippen LogP contribution is -2.47. The van der Waals surface area contributed by atoms with Gasteiger partial charge in [0.1, 0.15) is 0 Å². The van der Waals surface area contributed by atoms with Crippen molar-refractivity contribution in [3.8, 4) is 0 Å². The molecule has 1 aromatic carbocycles. The largest absolute Gasteiger partial charge is 0.383 e. The summed E-state index contributed by atoms with van der Waals surface area (Å²) in [5, 5.41) is 3.35. The third kappa shape index (κ3) is 1.60. The van der Waals surface area contributed by atoms with Crippen LogP contribution in [0.2, 0.25) is 0 Å². The summed E-state index contributed by atoms with van der Waals surface area (Å²) in [7, 11) is 0. The van der Waals surface area contributed by atoms with Gasteiger partial charge in [0.25, 0.3) is 0 Å². The normalized spacial score (nSPS) is 32.0. The maximum Gasteiger partial charge on any atom is 0.233 e. The number of benzene rings is 1. The minimum absolute atomic E-state index is 0.0181. The molecule has 3 aliphatic rings. The van der Waals surface area contributed by atoms with Gasteiger partial charge in [0, 0.05) is 12.2 Å². The Balaban J connectivity index is 1.60. The monoisotopic (exact) mass is 270 g/mol. The summed E-state index contributed by atoms with van der Waals surface area (Å²) in [4.78, 5) is 26.5. The van der Waals surface area contributed by atoms with Crippen molar-refractivity contribution in [3.63, 3.8) is 0 Å². The number of para-hydroxylation sites is 1. The van der Waals surface area contributed by atoms with E-state index in [1.807, 2.05) is 18.2 Å². The van der Waals surface area contributed by atoms with Crippen molar-refractivity contribution < 1.29 is 9.59 Å². The molecule has 1 aromatic rings. The minimum Gasteiger partial charge on any atom is -0.383 e. The zero-order chi connectivity index (χ0) is 13.7. The average molecular weight is 270 g/mol. The van der Waals surface area contributed by atoms with E-state index in [9.17, 15) is 9.59 Å². The van der Waals surface area contributed by atoms with Gasteiger partial charge in [0.2, 0.25) is 11.8 Å². The smallest absolute Gasteiger partial charge is 0.233 e. The Labute approximate surface area is 118 Å². The third-order valence-electron chi connectivity index (χ3n) is 4.99. The van der Waals surface area contributed by atoms with Crippen LogP contribution in [-0.2, 0) is 16.0 Å². The molecule has 1 saturated heterocycles. The van der Waals surface area contributed by atoms with Gasteiger partial charge in [-0.15, -0.1) is 0 Å². The summed E-state index contributed by atoms with van der Waals surface area (Å²) in [5.74, 6) is 0.0895. The van der Waals surface area contributed by atoms with E-state index in [4.69, 9.17) is 0 Å². The summed E-state index contributed by atoms with van der Waals surface area (Å²) in [6.45, 7) is 0.675. The molecule has 104 valence electrons.